The molecule has 1 fully saturated rings. The normalized spacial score (nSPS) is 25.0. The Morgan fingerprint density at radius 3 is 2.33 bits per heavy atom. The quantitative estimate of drug-likeness (QED) is 0.479. The largest absolute Gasteiger partial charge is 0.373 e. The smallest absolute Gasteiger partial charge is 0.269 e. The summed E-state index contributed by atoms with van der Waals surface area (Å²) in [5, 5.41) is 10.6. The van der Waals surface area contributed by atoms with Gasteiger partial charge in [-0.25, -0.2) is 4.31 Å². The molecule has 6 heteroatoms. The molecule has 1 aliphatic heterocycles. The molecule has 0 spiro atoms. The lowest BCUT2D eigenvalue weighted by Crippen LogP contribution is -2.41. The van der Waals surface area contributed by atoms with Gasteiger partial charge in [-0.1, -0.05) is 0 Å². The van der Waals surface area contributed by atoms with Gasteiger partial charge in [-0.05, 0) is 37.9 Å². The van der Waals surface area contributed by atoms with Crippen LogP contribution in [0.2, 0.25) is 0 Å². The number of ether oxygens (including phenoxy) is 1. The fourth-order valence-corrected chi connectivity index (χ4v) is 3.11. The second-order valence-electron chi connectivity index (χ2n) is 4.45. The lowest BCUT2D eigenvalue weighted by atomic mass is 10.3. The van der Waals surface area contributed by atoms with Gasteiger partial charge in [0.1, 0.15) is 0 Å². The van der Waals surface area contributed by atoms with Gasteiger partial charge in [0.25, 0.3) is 5.69 Å². The van der Waals surface area contributed by atoms with E-state index in [1.54, 1.807) is 24.1 Å². The molecular weight excluding hydrogens is 252 g/mol. The Bertz CT molecular complexity index is 414. The second kappa shape index (κ2) is 5.69. The van der Waals surface area contributed by atoms with E-state index in [4.69, 9.17) is 4.74 Å². The fourth-order valence-electron chi connectivity index (χ4n) is 1.98. The van der Waals surface area contributed by atoms with Crippen LogP contribution in [0, 0.1) is 10.1 Å². The van der Waals surface area contributed by atoms with Crippen molar-refractivity contribution in [2.75, 3.05) is 13.1 Å². The molecule has 1 aromatic rings. The molecule has 0 unspecified atom stereocenters. The van der Waals surface area contributed by atoms with Crippen molar-refractivity contribution in [3.8, 4) is 0 Å². The minimum absolute atomic E-state index is 0.128. The first kappa shape index (κ1) is 13.3. The number of benzene rings is 1. The number of hydrogen-bond acceptors (Lipinski definition) is 5. The minimum atomic E-state index is -0.382. The van der Waals surface area contributed by atoms with Crippen LogP contribution in [-0.2, 0) is 4.74 Å². The van der Waals surface area contributed by atoms with E-state index in [0.29, 0.717) is 0 Å². The van der Waals surface area contributed by atoms with Crippen LogP contribution >= 0.6 is 11.9 Å². The van der Waals surface area contributed by atoms with Gasteiger partial charge < -0.3 is 4.74 Å². The zero-order valence-electron chi connectivity index (χ0n) is 10.4. The van der Waals surface area contributed by atoms with Gasteiger partial charge in [0, 0.05) is 30.1 Å². The zero-order valence-corrected chi connectivity index (χ0v) is 11.2. The molecule has 0 aliphatic carbocycles. The first-order valence-corrected chi connectivity index (χ1v) is 6.65. The summed E-state index contributed by atoms with van der Waals surface area (Å²) in [7, 11) is 0. The van der Waals surface area contributed by atoms with Gasteiger partial charge in [0.15, 0.2) is 0 Å². The molecular formula is C12H16N2O3S. The van der Waals surface area contributed by atoms with Gasteiger partial charge >= 0.3 is 0 Å². The van der Waals surface area contributed by atoms with E-state index in [1.807, 2.05) is 0 Å². The molecule has 0 radical (unpaired) electrons. The lowest BCUT2D eigenvalue weighted by molar-refractivity contribution is -0.384. The Balaban J connectivity index is 1.98. The summed E-state index contributed by atoms with van der Waals surface area (Å²) in [5.74, 6) is 0. The van der Waals surface area contributed by atoms with Crippen molar-refractivity contribution in [3.63, 3.8) is 0 Å². The SMILES string of the molecule is C[C@@H]1CN(Sc2ccc([N+](=O)[O-])cc2)C[C@@H](C)O1. The van der Waals surface area contributed by atoms with E-state index in [0.717, 1.165) is 18.0 Å². The van der Waals surface area contributed by atoms with Crippen LogP contribution < -0.4 is 0 Å². The number of morpholine rings is 1. The summed E-state index contributed by atoms with van der Waals surface area (Å²) >= 11 is 1.62. The van der Waals surface area contributed by atoms with Crippen molar-refractivity contribution in [1.82, 2.24) is 4.31 Å². The Labute approximate surface area is 110 Å². The van der Waals surface area contributed by atoms with E-state index in [-0.39, 0.29) is 22.8 Å². The minimum Gasteiger partial charge on any atom is -0.373 e. The van der Waals surface area contributed by atoms with Crippen LogP contribution in [0.1, 0.15) is 13.8 Å². The highest BCUT2D eigenvalue weighted by Crippen LogP contribution is 2.27. The van der Waals surface area contributed by atoms with Crippen molar-refractivity contribution in [2.24, 2.45) is 0 Å². The highest BCUT2D eigenvalue weighted by atomic mass is 32.2. The molecule has 0 bridgehead atoms. The molecule has 1 heterocycles. The predicted octanol–water partition coefficient (Wildman–Crippen LogP) is 2.71. The molecule has 0 saturated carbocycles. The fraction of sp³-hybridized carbons (Fsp3) is 0.500. The maximum absolute atomic E-state index is 10.6. The Morgan fingerprint density at radius 2 is 1.83 bits per heavy atom. The highest BCUT2D eigenvalue weighted by Gasteiger charge is 2.22. The second-order valence-corrected chi connectivity index (χ2v) is 5.62. The maximum Gasteiger partial charge on any atom is 0.269 e. The summed E-state index contributed by atoms with van der Waals surface area (Å²) in [4.78, 5) is 11.2. The van der Waals surface area contributed by atoms with Crippen molar-refractivity contribution in [1.29, 1.82) is 0 Å². The molecule has 2 atom stereocenters. The summed E-state index contributed by atoms with van der Waals surface area (Å²) in [6.45, 7) is 5.84. The van der Waals surface area contributed by atoms with E-state index in [9.17, 15) is 10.1 Å². The third-order valence-electron chi connectivity index (χ3n) is 2.67. The van der Waals surface area contributed by atoms with Crippen LogP contribution in [0.4, 0.5) is 5.69 Å². The van der Waals surface area contributed by atoms with E-state index in [2.05, 4.69) is 18.2 Å². The average Bonchev–Trinajstić information content (AvgIpc) is 2.28. The molecule has 1 aliphatic rings. The van der Waals surface area contributed by atoms with Crippen molar-refractivity contribution < 1.29 is 9.66 Å². The van der Waals surface area contributed by atoms with Crippen LogP contribution in [0.15, 0.2) is 29.2 Å². The van der Waals surface area contributed by atoms with Gasteiger partial charge in [-0.15, -0.1) is 0 Å². The third kappa shape index (κ3) is 3.44. The van der Waals surface area contributed by atoms with Gasteiger partial charge in [0.2, 0.25) is 0 Å². The molecule has 0 aromatic heterocycles. The summed E-state index contributed by atoms with van der Waals surface area (Å²) in [6.07, 6.45) is 0.443. The monoisotopic (exact) mass is 268 g/mol. The summed E-state index contributed by atoms with van der Waals surface area (Å²) < 4.78 is 7.90. The highest BCUT2D eigenvalue weighted by molar-refractivity contribution is 7.97. The first-order chi connectivity index (χ1) is 8.54. The maximum atomic E-state index is 10.6. The van der Waals surface area contributed by atoms with E-state index in [1.165, 1.54) is 12.1 Å². The standard InChI is InChI=1S/C12H16N2O3S/c1-9-7-13(8-10(2)17-9)18-12-5-3-11(4-6-12)14(15)16/h3-6,9-10H,7-8H2,1-2H3/t9-,10-/m1/s1. The van der Waals surface area contributed by atoms with Crippen LogP contribution in [-0.4, -0.2) is 34.5 Å². The number of non-ortho nitro benzene ring substituents is 1. The topological polar surface area (TPSA) is 55.6 Å². The Hall–Kier alpha value is -1.11. The van der Waals surface area contributed by atoms with E-state index < -0.39 is 0 Å². The van der Waals surface area contributed by atoms with E-state index >= 15 is 0 Å². The molecule has 5 nitrogen and oxygen atoms in total. The molecule has 2 rings (SSSR count). The van der Waals surface area contributed by atoms with Crippen molar-refractivity contribution >= 4 is 17.6 Å². The van der Waals surface area contributed by atoms with Crippen molar-refractivity contribution in [3.05, 3.63) is 34.4 Å². The molecule has 98 valence electrons. The van der Waals surface area contributed by atoms with Crippen LogP contribution in [0.5, 0.6) is 0 Å². The van der Waals surface area contributed by atoms with Crippen LogP contribution in [0.25, 0.3) is 0 Å². The first-order valence-electron chi connectivity index (χ1n) is 5.87. The average molecular weight is 268 g/mol. The van der Waals surface area contributed by atoms with Gasteiger partial charge in [-0.2, -0.15) is 0 Å². The Kier molecular flexibility index (Phi) is 4.21. The van der Waals surface area contributed by atoms with Gasteiger partial charge in [-0.3, -0.25) is 10.1 Å². The number of nitro benzene ring substituents is 1. The number of hydrogen-bond donors (Lipinski definition) is 0. The number of nitro groups is 1. The number of rotatable bonds is 3. The Morgan fingerprint density at radius 1 is 1.28 bits per heavy atom. The number of nitrogens with zero attached hydrogens (tertiary/aromatic N) is 2. The third-order valence-corrected chi connectivity index (χ3v) is 3.71. The lowest BCUT2D eigenvalue weighted by Gasteiger charge is -2.34. The zero-order chi connectivity index (χ0) is 13.1. The molecule has 1 aromatic carbocycles. The molecule has 0 amide bonds. The molecule has 0 N–H and O–H groups in total. The summed E-state index contributed by atoms with van der Waals surface area (Å²) in [6, 6.07) is 6.65. The van der Waals surface area contributed by atoms with Crippen molar-refractivity contribution in [2.45, 2.75) is 31.0 Å². The van der Waals surface area contributed by atoms with Crippen LogP contribution in [0.3, 0.4) is 0 Å². The predicted molar refractivity (Wildman–Crippen MR) is 70.5 cm³/mol. The molecule has 18 heavy (non-hydrogen) atoms. The molecule has 1 saturated heterocycles. The van der Waals surface area contributed by atoms with Gasteiger partial charge in [0.05, 0.1) is 17.1 Å². The summed E-state index contributed by atoms with van der Waals surface area (Å²) in [5.41, 5.74) is 0.128.